The molecular weight excluding hydrogens is 250 g/mol. The third-order valence-corrected chi connectivity index (χ3v) is 3.25. The molecule has 1 aromatic heterocycles. The van der Waals surface area contributed by atoms with Gasteiger partial charge in [0.1, 0.15) is 17.5 Å². The topological polar surface area (TPSA) is 64.8 Å². The number of nitrogens with one attached hydrogen (secondary N) is 1. The number of hydrogen-bond acceptors (Lipinski definition) is 5. The summed E-state index contributed by atoms with van der Waals surface area (Å²) >= 11 is 0. The molecule has 20 heavy (non-hydrogen) atoms. The fourth-order valence-electron chi connectivity index (χ4n) is 2.08. The van der Waals surface area contributed by atoms with Crippen LogP contribution in [0.25, 0.3) is 0 Å². The summed E-state index contributed by atoms with van der Waals surface area (Å²) in [6, 6.07) is 2.50. The van der Waals surface area contributed by atoms with Crippen LogP contribution in [-0.4, -0.2) is 29.6 Å². The van der Waals surface area contributed by atoms with Crippen molar-refractivity contribution >= 4 is 11.6 Å². The van der Waals surface area contributed by atoms with E-state index in [4.69, 9.17) is 10.2 Å². The zero-order valence-corrected chi connectivity index (χ0v) is 13.4. The van der Waals surface area contributed by atoms with Crippen molar-refractivity contribution in [3.63, 3.8) is 0 Å². The maximum absolute atomic E-state index is 8.83. The molecule has 1 aromatic rings. The second-order valence-corrected chi connectivity index (χ2v) is 5.48. The van der Waals surface area contributed by atoms with Crippen LogP contribution in [0.3, 0.4) is 0 Å². The number of hydrogen-bond donors (Lipinski definition) is 1. The van der Waals surface area contributed by atoms with Gasteiger partial charge in [-0.2, -0.15) is 5.26 Å². The van der Waals surface area contributed by atoms with Crippen LogP contribution in [0.1, 0.15) is 51.4 Å². The molecule has 0 bridgehead atoms. The molecule has 1 N–H and O–H groups in total. The molecule has 0 fully saturated rings. The van der Waals surface area contributed by atoms with Gasteiger partial charge in [-0.15, -0.1) is 0 Å². The van der Waals surface area contributed by atoms with Gasteiger partial charge in [0.2, 0.25) is 0 Å². The van der Waals surface area contributed by atoms with Crippen molar-refractivity contribution in [3.05, 3.63) is 11.4 Å². The van der Waals surface area contributed by atoms with Gasteiger partial charge in [0.05, 0.1) is 12.5 Å². The van der Waals surface area contributed by atoms with Gasteiger partial charge >= 0.3 is 0 Å². The Labute approximate surface area is 122 Å². The van der Waals surface area contributed by atoms with E-state index in [-0.39, 0.29) is 5.92 Å². The van der Waals surface area contributed by atoms with Crippen LogP contribution >= 0.6 is 0 Å². The molecule has 5 heteroatoms. The van der Waals surface area contributed by atoms with Gasteiger partial charge in [-0.05, 0) is 20.8 Å². The molecule has 0 saturated carbocycles. The molecule has 1 rings (SSSR count). The van der Waals surface area contributed by atoms with Crippen LogP contribution in [0.4, 0.5) is 11.6 Å². The SMILES string of the molecule is CNc1nc(C(C)C)nc(N(CCC#N)C(C)C)c1C. The Balaban J connectivity index is 3.32. The van der Waals surface area contributed by atoms with Crippen molar-refractivity contribution in [3.8, 4) is 6.07 Å². The fourth-order valence-corrected chi connectivity index (χ4v) is 2.08. The first-order valence-electron chi connectivity index (χ1n) is 7.12. The minimum absolute atomic E-state index is 0.270. The second-order valence-electron chi connectivity index (χ2n) is 5.48. The van der Waals surface area contributed by atoms with E-state index in [2.05, 4.69) is 49.0 Å². The van der Waals surface area contributed by atoms with Gasteiger partial charge < -0.3 is 10.2 Å². The highest BCUT2D eigenvalue weighted by Gasteiger charge is 2.19. The number of aromatic nitrogens is 2. The number of nitrogens with zero attached hydrogens (tertiary/aromatic N) is 4. The van der Waals surface area contributed by atoms with Gasteiger partial charge in [-0.1, -0.05) is 13.8 Å². The molecular formula is C15H25N5. The van der Waals surface area contributed by atoms with E-state index >= 15 is 0 Å². The van der Waals surface area contributed by atoms with Crippen LogP contribution in [-0.2, 0) is 0 Å². The Morgan fingerprint density at radius 2 is 1.90 bits per heavy atom. The van der Waals surface area contributed by atoms with Crippen molar-refractivity contribution < 1.29 is 0 Å². The molecule has 1 heterocycles. The van der Waals surface area contributed by atoms with Crippen molar-refractivity contribution in [2.45, 2.75) is 53.0 Å². The number of rotatable bonds is 6. The van der Waals surface area contributed by atoms with Gasteiger partial charge in [0.15, 0.2) is 0 Å². The summed E-state index contributed by atoms with van der Waals surface area (Å²) in [7, 11) is 1.87. The number of nitriles is 1. The Morgan fingerprint density at radius 3 is 2.35 bits per heavy atom. The van der Waals surface area contributed by atoms with E-state index in [0.717, 1.165) is 23.0 Å². The van der Waals surface area contributed by atoms with E-state index in [1.165, 1.54) is 0 Å². The van der Waals surface area contributed by atoms with E-state index in [1.807, 2.05) is 14.0 Å². The van der Waals surface area contributed by atoms with Crippen molar-refractivity contribution in [1.29, 1.82) is 5.26 Å². The lowest BCUT2D eigenvalue weighted by Crippen LogP contribution is -2.33. The number of anilines is 2. The predicted octanol–water partition coefficient (Wildman–Crippen LogP) is 3.08. The highest BCUT2D eigenvalue weighted by Crippen LogP contribution is 2.27. The van der Waals surface area contributed by atoms with Gasteiger partial charge in [-0.3, -0.25) is 0 Å². The lowest BCUT2D eigenvalue weighted by Gasteiger charge is -2.29. The first-order valence-corrected chi connectivity index (χ1v) is 7.12. The van der Waals surface area contributed by atoms with Gasteiger partial charge in [-0.25, -0.2) is 9.97 Å². The molecule has 0 radical (unpaired) electrons. The third kappa shape index (κ3) is 3.60. The summed E-state index contributed by atoms with van der Waals surface area (Å²) in [5, 5.41) is 12.0. The molecule has 110 valence electrons. The average molecular weight is 275 g/mol. The van der Waals surface area contributed by atoms with E-state index in [9.17, 15) is 0 Å². The molecule has 0 aliphatic rings. The van der Waals surface area contributed by atoms with Crippen LogP contribution < -0.4 is 10.2 Å². The summed E-state index contributed by atoms with van der Waals surface area (Å²) in [5.41, 5.74) is 1.03. The van der Waals surface area contributed by atoms with E-state index in [0.29, 0.717) is 19.0 Å². The normalized spacial score (nSPS) is 10.8. The summed E-state index contributed by atoms with van der Waals surface area (Å²) < 4.78 is 0. The van der Waals surface area contributed by atoms with Gasteiger partial charge in [0.25, 0.3) is 0 Å². The summed E-state index contributed by atoms with van der Waals surface area (Å²) in [6.45, 7) is 11.1. The fraction of sp³-hybridized carbons (Fsp3) is 0.667. The lowest BCUT2D eigenvalue weighted by molar-refractivity contribution is 0.663. The van der Waals surface area contributed by atoms with Crippen LogP contribution in [0.2, 0.25) is 0 Å². The summed E-state index contributed by atoms with van der Waals surface area (Å²) in [4.78, 5) is 11.5. The van der Waals surface area contributed by atoms with Crippen molar-refractivity contribution in [1.82, 2.24) is 9.97 Å². The zero-order chi connectivity index (χ0) is 15.3. The Kier molecular flexibility index (Phi) is 5.75. The monoisotopic (exact) mass is 275 g/mol. The molecule has 0 unspecified atom stereocenters. The summed E-state index contributed by atoms with van der Waals surface area (Å²) in [6.07, 6.45) is 0.494. The molecule has 0 atom stereocenters. The quantitative estimate of drug-likeness (QED) is 0.864. The third-order valence-electron chi connectivity index (χ3n) is 3.25. The lowest BCUT2D eigenvalue weighted by atomic mass is 10.1. The molecule has 0 aromatic carbocycles. The van der Waals surface area contributed by atoms with E-state index < -0.39 is 0 Å². The Bertz CT molecular complexity index is 488. The maximum atomic E-state index is 8.83. The molecule has 0 aliphatic heterocycles. The average Bonchev–Trinajstić information content (AvgIpc) is 2.40. The van der Waals surface area contributed by atoms with Crippen LogP contribution in [0.15, 0.2) is 0 Å². The smallest absolute Gasteiger partial charge is 0.137 e. The Morgan fingerprint density at radius 1 is 1.25 bits per heavy atom. The van der Waals surface area contributed by atoms with Crippen molar-refractivity contribution in [2.24, 2.45) is 0 Å². The molecule has 5 nitrogen and oxygen atoms in total. The minimum atomic E-state index is 0.270. The first kappa shape index (κ1) is 16.2. The van der Waals surface area contributed by atoms with Gasteiger partial charge in [0, 0.05) is 31.1 Å². The van der Waals surface area contributed by atoms with Crippen molar-refractivity contribution in [2.75, 3.05) is 23.8 Å². The predicted molar refractivity (Wildman–Crippen MR) is 83.1 cm³/mol. The van der Waals surface area contributed by atoms with Crippen LogP contribution in [0, 0.1) is 18.3 Å². The molecule has 0 aliphatic carbocycles. The highest BCUT2D eigenvalue weighted by atomic mass is 15.2. The van der Waals surface area contributed by atoms with Crippen LogP contribution in [0.5, 0.6) is 0 Å². The minimum Gasteiger partial charge on any atom is -0.373 e. The summed E-state index contributed by atoms with van der Waals surface area (Å²) in [5.74, 6) is 2.89. The first-order chi connectivity index (χ1) is 9.42. The highest BCUT2D eigenvalue weighted by molar-refractivity contribution is 5.59. The Hall–Kier alpha value is -1.83. The maximum Gasteiger partial charge on any atom is 0.137 e. The zero-order valence-electron chi connectivity index (χ0n) is 13.4. The standard InChI is InChI=1S/C15H25N5/c1-10(2)13-18-14(17-6)12(5)15(19-13)20(11(3)4)9-7-8-16/h10-11H,7,9H2,1-6H3,(H,17,18,19). The molecule has 0 saturated heterocycles. The molecule has 0 amide bonds. The molecule has 0 spiro atoms. The van der Waals surface area contributed by atoms with E-state index in [1.54, 1.807) is 0 Å². The largest absolute Gasteiger partial charge is 0.373 e. The second kappa shape index (κ2) is 7.09.